The molecule has 1 atom stereocenters. The molecule has 0 saturated carbocycles. The minimum atomic E-state index is -0.799. The highest BCUT2D eigenvalue weighted by atomic mass is 16.6. The summed E-state index contributed by atoms with van der Waals surface area (Å²) in [6.45, 7) is -0.649. The summed E-state index contributed by atoms with van der Waals surface area (Å²) in [5.74, 6) is -2.88. The van der Waals surface area contributed by atoms with Gasteiger partial charge in [-0.05, 0) is 30.3 Å². The van der Waals surface area contributed by atoms with E-state index in [0.29, 0.717) is 17.0 Å². The second-order valence-electron chi connectivity index (χ2n) is 7.24. The number of anilines is 2. The van der Waals surface area contributed by atoms with E-state index in [9.17, 15) is 29.3 Å². The van der Waals surface area contributed by atoms with Gasteiger partial charge in [-0.15, -0.1) is 0 Å². The minimum Gasteiger partial charge on any atom is -0.497 e. The highest BCUT2D eigenvalue weighted by molar-refractivity contribution is 6.00. The van der Waals surface area contributed by atoms with Crippen LogP contribution in [-0.2, 0) is 23.9 Å². The van der Waals surface area contributed by atoms with Crippen molar-refractivity contribution in [2.45, 2.75) is 6.42 Å². The van der Waals surface area contributed by atoms with Crippen LogP contribution in [0.4, 0.5) is 17.1 Å². The van der Waals surface area contributed by atoms with Crippen molar-refractivity contribution >= 4 is 40.8 Å². The Bertz CT molecular complexity index is 1130. The molecule has 34 heavy (non-hydrogen) atoms. The Hall–Kier alpha value is -4.48. The van der Waals surface area contributed by atoms with E-state index in [4.69, 9.17) is 9.47 Å². The van der Waals surface area contributed by atoms with Gasteiger partial charge in [0.25, 0.3) is 11.6 Å². The molecule has 0 aliphatic carbocycles. The van der Waals surface area contributed by atoms with E-state index in [1.165, 1.54) is 49.5 Å². The van der Waals surface area contributed by atoms with E-state index < -0.39 is 35.3 Å². The van der Waals surface area contributed by atoms with Gasteiger partial charge >= 0.3 is 11.9 Å². The summed E-state index contributed by atoms with van der Waals surface area (Å²) >= 11 is 0. The molecule has 0 unspecified atom stereocenters. The Balaban J connectivity index is 1.57. The van der Waals surface area contributed by atoms with Gasteiger partial charge in [-0.3, -0.25) is 24.5 Å². The molecule has 3 rings (SSSR count). The van der Waals surface area contributed by atoms with Crippen LogP contribution in [0.15, 0.2) is 42.5 Å². The van der Waals surface area contributed by atoms with Gasteiger partial charge in [-0.1, -0.05) is 0 Å². The first kappa shape index (κ1) is 24.2. The van der Waals surface area contributed by atoms with Crippen LogP contribution in [0.2, 0.25) is 0 Å². The number of nitro groups is 1. The molecule has 178 valence electrons. The SMILES string of the molecule is COC(=O)c1ccc(N2C[C@H](C(=O)OCC(=O)Nc3cc(OC)ccc3[N+](=O)[O-])CC2=O)cc1. The van der Waals surface area contributed by atoms with Crippen molar-refractivity contribution in [1.29, 1.82) is 0 Å². The molecule has 1 fully saturated rings. The molecule has 12 nitrogen and oxygen atoms in total. The van der Waals surface area contributed by atoms with Crippen molar-refractivity contribution < 1.29 is 38.3 Å². The maximum absolute atomic E-state index is 12.4. The van der Waals surface area contributed by atoms with Crippen molar-refractivity contribution in [3.05, 3.63) is 58.1 Å². The van der Waals surface area contributed by atoms with Crippen molar-refractivity contribution in [2.24, 2.45) is 5.92 Å². The molecule has 0 spiro atoms. The van der Waals surface area contributed by atoms with Gasteiger partial charge in [0.05, 0.1) is 30.6 Å². The molecule has 1 saturated heterocycles. The highest BCUT2D eigenvalue weighted by Crippen LogP contribution is 2.29. The molecule has 2 amide bonds. The Labute approximate surface area is 193 Å². The number of esters is 2. The van der Waals surface area contributed by atoms with Crippen LogP contribution in [-0.4, -0.2) is 56.0 Å². The molecule has 2 aromatic carbocycles. The van der Waals surface area contributed by atoms with E-state index in [1.54, 1.807) is 12.1 Å². The standard InChI is InChI=1S/C22H21N3O9/c1-32-16-7-8-18(25(30)31)17(10-16)23-19(26)12-34-22(29)14-9-20(27)24(11-14)15-5-3-13(4-6-15)21(28)33-2/h3-8,10,14H,9,11-12H2,1-2H3,(H,23,26)/t14-/m1/s1. The van der Waals surface area contributed by atoms with E-state index in [1.807, 2.05) is 0 Å². The second-order valence-corrected chi connectivity index (χ2v) is 7.24. The summed E-state index contributed by atoms with van der Waals surface area (Å²) in [5.41, 5.74) is 0.353. The monoisotopic (exact) mass is 471 g/mol. The Morgan fingerprint density at radius 2 is 1.85 bits per heavy atom. The van der Waals surface area contributed by atoms with Gasteiger partial charge in [0.2, 0.25) is 5.91 Å². The molecule has 1 aliphatic rings. The molecule has 2 aromatic rings. The molecular weight excluding hydrogens is 450 g/mol. The summed E-state index contributed by atoms with van der Waals surface area (Å²) in [6.07, 6.45) is -0.111. The van der Waals surface area contributed by atoms with Gasteiger partial charge < -0.3 is 24.4 Å². The number of nitrogens with zero attached hydrogens (tertiary/aromatic N) is 2. The lowest BCUT2D eigenvalue weighted by Gasteiger charge is -2.16. The first-order valence-corrected chi connectivity index (χ1v) is 10.0. The summed E-state index contributed by atoms with van der Waals surface area (Å²) < 4.78 is 14.7. The van der Waals surface area contributed by atoms with Gasteiger partial charge in [-0.25, -0.2) is 4.79 Å². The van der Waals surface area contributed by atoms with Gasteiger partial charge in [0.1, 0.15) is 11.4 Å². The van der Waals surface area contributed by atoms with E-state index in [-0.39, 0.29) is 30.2 Å². The molecule has 0 aromatic heterocycles. The van der Waals surface area contributed by atoms with Gasteiger partial charge in [-0.2, -0.15) is 0 Å². The summed E-state index contributed by atoms with van der Waals surface area (Å²) in [7, 11) is 2.63. The molecule has 12 heteroatoms. The number of hydrogen-bond donors (Lipinski definition) is 1. The number of carbonyl (C=O) groups is 4. The Kier molecular flexibility index (Phi) is 7.41. The van der Waals surface area contributed by atoms with Crippen molar-refractivity contribution in [3.8, 4) is 5.75 Å². The number of hydrogen-bond acceptors (Lipinski definition) is 9. The van der Waals surface area contributed by atoms with Crippen LogP contribution in [0.5, 0.6) is 5.75 Å². The molecule has 1 heterocycles. The number of nitrogens with one attached hydrogen (secondary N) is 1. The smallest absolute Gasteiger partial charge is 0.337 e. The van der Waals surface area contributed by atoms with Gasteiger partial charge in [0, 0.05) is 30.8 Å². The summed E-state index contributed by atoms with van der Waals surface area (Å²) in [4.78, 5) is 60.4. The first-order chi connectivity index (χ1) is 16.2. The van der Waals surface area contributed by atoms with Crippen LogP contribution >= 0.6 is 0 Å². The topological polar surface area (TPSA) is 154 Å². The lowest BCUT2D eigenvalue weighted by molar-refractivity contribution is -0.383. The maximum Gasteiger partial charge on any atom is 0.337 e. The maximum atomic E-state index is 12.4. The molecular formula is C22H21N3O9. The largest absolute Gasteiger partial charge is 0.497 e. The zero-order valence-corrected chi connectivity index (χ0v) is 18.3. The van der Waals surface area contributed by atoms with Crippen LogP contribution in [0.1, 0.15) is 16.8 Å². The van der Waals surface area contributed by atoms with Crippen LogP contribution in [0.3, 0.4) is 0 Å². The number of amides is 2. The molecule has 0 bridgehead atoms. The third-order valence-electron chi connectivity index (χ3n) is 5.08. The van der Waals surface area contributed by atoms with Crippen LogP contribution in [0.25, 0.3) is 0 Å². The van der Waals surface area contributed by atoms with Crippen molar-refractivity contribution in [3.63, 3.8) is 0 Å². The first-order valence-electron chi connectivity index (χ1n) is 10.0. The van der Waals surface area contributed by atoms with Gasteiger partial charge in [0.15, 0.2) is 6.61 Å². The quantitative estimate of drug-likeness (QED) is 0.345. The third kappa shape index (κ3) is 5.46. The zero-order valence-electron chi connectivity index (χ0n) is 18.3. The van der Waals surface area contributed by atoms with Crippen molar-refractivity contribution in [1.82, 2.24) is 0 Å². The number of ether oxygens (including phenoxy) is 3. The average Bonchev–Trinajstić information content (AvgIpc) is 3.23. The number of benzene rings is 2. The number of rotatable bonds is 8. The predicted octanol–water partition coefficient (Wildman–Crippen LogP) is 1.92. The fraction of sp³-hybridized carbons (Fsp3) is 0.273. The number of methoxy groups -OCH3 is 2. The minimum absolute atomic E-state index is 0.0399. The number of carbonyl (C=O) groups excluding carboxylic acids is 4. The van der Waals surface area contributed by atoms with Crippen LogP contribution < -0.4 is 15.0 Å². The van der Waals surface area contributed by atoms with Crippen molar-refractivity contribution in [2.75, 3.05) is 37.6 Å². The molecule has 0 radical (unpaired) electrons. The zero-order chi connectivity index (χ0) is 24.8. The lowest BCUT2D eigenvalue weighted by atomic mass is 10.1. The fourth-order valence-electron chi connectivity index (χ4n) is 3.35. The summed E-state index contributed by atoms with van der Waals surface area (Å²) in [6, 6.07) is 9.95. The van der Waals surface area contributed by atoms with E-state index in [2.05, 4.69) is 10.1 Å². The molecule has 1 N–H and O–H groups in total. The lowest BCUT2D eigenvalue weighted by Crippen LogP contribution is -2.28. The van der Waals surface area contributed by atoms with E-state index >= 15 is 0 Å². The Morgan fingerprint density at radius 1 is 1.15 bits per heavy atom. The highest BCUT2D eigenvalue weighted by Gasteiger charge is 2.36. The third-order valence-corrected chi connectivity index (χ3v) is 5.08. The normalized spacial score (nSPS) is 14.9. The number of nitro benzene ring substituents is 1. The Morgan fingerprint density at radius 3 is 2.47 bits per heavy atom. The fourth-order valence-corrected chi connectivity index (χ4v) is 3.35. The average molecular weight is 471 g/mol. The van der Waals surface area contributed by atoms with Crippen LogP contribution in [0, 0.1) is 16.0 Å². The molecule has 1 aliphatic heterocycles. The second kappa shape index (κ2) is 10.4. The predicted molar refractivity (Wildman–Crippen MR) is 117 cm³/mol. The van der Waals surface area contributed by atoms with E-state index in [0.717, 1.165) is 0 Å². The summed E-state index contributed by atoms with van der Waals surface area (Å²) in [5, 5.41) is 13.5.